The maximum atomic E-state index is 11.4. The average Bonchev–Trinajstić information content (AvgIpc) is 2.54. The molecule has 1 aromatic carbocycles. The van der Waals surface area contributed by atoms with Gasteiger partial charge in [-0.2, -0.15) is 0 Å². The van der Waals surface area contributed by atoms with Crippen molar-refractivity contribution >= 4 is 11.9 Å². The minimum absolute atomic E-state index is 0.000940. The van der Waals surface area contributed by atoms with E-state index in [1.54, 1.807) is 12.1 Å². The zero-order valence-electron chi connectivity index (χ0n) is 9.66. The lowest BCUT2D eigenvalue weighted by Gasteiger charge is -2.23. The maximum Gasteiger partial charge on any atom is 0.346 e. The van der Waals surface area contributed by atoms with Crippen molar-refractivity contribution in [3.05, 3.63) is 34.9 Å². The van der Waals surface area contributed by atoms with Gasteiger partial charge in [-0.25, -0.2) is 9.59 Å². The van der Waals surface area contributed by atoms with Crippen LogP contribution >= 0.6 is 0 Å². The largest absolute Gasteiger partial charge is 0.386 e. The Hall–Kier alpha value is -1.64. The van der Waals surface area contributed by atoms with Gasteiger partial charge in [0, 0.05) is 0 Å². The van der Waals surface area contributed by atoms with Crippen molar-refractivity contribution < 1.29 is 14.3 Å². The van der Waals surface area contributed by atoms with Crippen molar-refractivity contribution in [2.24, 2.45) is 0 Å². The lowest BCUT2D eigenvalue weighted by atomic mass is 9.81. The second-order valence-electron chi connectivity index (χ2n) is 4.67. The maximum absolute atomic E-state index is 11.4. The molecule has 0 bridgehead atoms. The summed E-state index contributed by atoms with van der Waals surface area (Å²) < 4.78 is 4.56. The van der Waals surface area contributed by atoms with E-state index in [1.165, 1.54) is 0 Å². The molecule has 84 valence electrons. The summed E-state index contributed by atoms with van der Waals surface area (Å²) in [6, 6.07) is 5.34. The van der Waals surface area contributed by atoms with Crippen LogP contribution in [0.4, 0.5) is 0 Å². The van der Waals surface area contributed by atoms with Crippen molar-refractivity contribution in [3.63, 3.8) is 0 Å². The monoisotopic (exact) mass is 218 g/mol. The Morgan fingerprint density at radius 1 is 1.12 bits per heavy atom. The van der Waals surface area contributed by atoms with Gasteiger partial charge in [-0.1, -0.05) is 26.8 Å². The number of rotatable bonds is 2. The molecule has 3 heteroatoms. The first kappa shape index (κ1) is 10.9. The van der Waals surface area contributed by atoms with Gasteiger partial charge in [0.05, 0.1) is 11.1 Å². The van der Waals surface area contributed by atoms with Gasteiger partial charge >= 0.3 is 11.9 Å². The minimum atomic E-state index is -0.541. The lowest BCUT2D eigenvalue weighted by molar-refractivity contribution is 0.0444. The molecule has 0 aliphatic carbocycles. The standard InChI is InChI=1S/C13H14O3/c1-4-13(2,3)8-5-6-9-10(7-8)12(15)16-11(9)14/h5-7H,4H2,1-3H3. The number of hydrogen-bond donors (Lipinski definition) is 0. The van der Waals surface area contributed by atoms with Crippen molar-refractivity contribution in [1.29, 1.82) is 0 Å². The molecular formula is C13H14O3. The SMILES string of the molecule is CCC(C)(C)c1ccc2c(c1)C(=O)OC2=O. The molecule has 0 aromatic heterocycles. The molecule has 0 fully saturated rings. The molecule has 16 heavy (non-hydrogen) atoms. The summed E-state index contributed by atoms with van der Waals surface area (Å²) in [6.07, 6.45) is 0.967. The van der Waals surface area contributed by atoms with E-state index >= 15 is 0 Å². The smallest absolute Gasteiger partial charge is 0.346 e. The fourth-order valence-electron chi connectivity index (χ4n) is 1.71. The topological polar surface area (TPSA) is 43.4 Å². The van der Waals surface area contributed by atoms with Crippen LogP contribution in [0.3, 0.4) is 0 Å². The van der Waals surface area contributed by atoms with Crippen molar-refractivity contribution in [1.82, 2.24) is 0 Å². The van der Waals surface area contributed by atoms with E-state index in [0.29, 0.717) is 11.1 Å². The molecule has 0 N–H and O–H groups in total. The van der Waals surface area contributed by atoms with Gasteiger partial charge in [-0.05, 0) is 29.5 Å². The van der Waals surface area contributed by atoms with Crippen LogP contribution < -0.4 is 0 Å². The molecule has 1 heterocycles. The van der Waals surface area contributed by atoms with E-state index in [0.717, 1.165) is 12.0 Å². The van der Waals surface area contributed by atoms with Gasteiger partial charge in [0.1, 0.15) is 0 Å². The lowest BCUT2D eigenvalue weighted by Crippen LogP contribution is -2.16. The molecular weight excluding hydrogens is 204 g/mol. The number of cyclic esters (lactones) is 2. The number of ether oxygens (including phenoxy) is 1. The van der Waals surface area contributed by atoms with Crippen LogP contribution in [0.1, 0.15) is 53.5 Å². The Kier molecular flexibility index (Phi) is 2.34. The molecule has 3 nitrogen and oxygen atoms in total. The number of esters is 2. The molecule has 0 radical (unpaired) electrons. The number of hydrogen-bond acceptors (Lipinski definition) is 3. The number of fused-ring (bicyclic) bond motifs is 1. The van der Waals surface area contributed by atoms with Gasteiger partial charge in [-0.15, -0.1) is 0 Å². The molecule has 0 spiro atoms. The zero-order chi connectivity index (χ0) is 11.9. The first-order valence-corrected chi connectivity index (χ1v) is 5.37. The average molecular weight is 218 g/mol. The molecule has 1 aromatic rings. The van der Waals surface area contributed by atoms with Gasteiger partial charge in [-0.3, -0.25) is 0 Å². The van der Waals surface area contributed by atoms with Crippen LogP contribution in [0.15, 0.2) is 18.2 Å². The van der Waals surface area contributed by atoms with Crippen LogP contribution in [-0.2, 0) is 10.2 Å². The number of carbonyl (C=O) groups excluding carboxylic acids is 2. The quantitative estimate of drug-likeness (QED) is 0.566. The van der Waals surface area contributed by atoms with E-state index in [1.807, 2.05) is 6.07 Å². The summed E-state index contributed by atoms with van der Waals surface area (Å²) in [6.45, 7) is 6.31. The first-order valence-electron chi connectivity index (χ1n) is 5.37. The van der Waals surface area contributed by atoms with Gasteiger partial charge < -0.3 is 4.74 Å². The molecule has 1 aliphatic rings. The van der Waals surface area contributed by atoms with Crippen LogP contribution in [0, 0.1) is 0 Å². The Labute approximate surface area is 94.4 Å². The molecule has 0 saturated heterocycles. The fourth-order valence-corrected chi connectivity index (χ4v) is 1.71. The molecule has 2 rings (SSSR count). The molecule has 0 unspecified atom stereocenters. The van der Waals surface area contributed by atoms with Gasteiger partial charge in [0.15, 0.2) is 0 Å². The highest BCUT2D eigenvalue weighted by Crippen LogP contribution is 2.30. The highest BCUT2D eigenvalue weighted by molar-refractivity contribution is 6.14. The van der Waals surface area contributed by atoms with E-state index in [-0.39, 0.29) is 5.41 Å². The van der Waals surface area contributed by atoms with Gasteiger partial charge in [0.2, 0.25) is 0 Å². The Bertz CT molecular complexity index is 472. The van der Waals surface area contributed by atoms with E-state index in [2.05, 4.69) is 25.5 Å². The zero-order valence-corrected chi connectivity index (χ0v) is 9.66. The first-order chi connectivity index (χ1) is 7.45. The van der Waals surface area contributed by atoms with E-state index in [9.17, 15) is 9.59 Å². The molecule has 1 aliphatic heterocycles. The van der Waals surface area contributed by atoms with Crippen molar-refractivity contribution in [3.8, 4) is 0 Å². The van der Waals surface area contributed by atoms with Gasteiger partial charge in [0.25, 0.3) is 0 Å². The fraction of sp³-hybridized carbons (Fsp3) is 0.385. The summed E-state index contributed by atoms with van der Waals surface area (Å²) in [7, 11) is 0. The van der Waals surface area contributed by atoms with Crippen LogP contribution in [0.2, 0.25) is 0 Å². The molecule has 0 saturated carbocycles. The highest BCUT2D eigenvalue weighted by atomic mass is 16.6. The third-order valence-electron chi connectivity index (χ3n) is 3.31. The number of benzene rings is 1. The third-order valence-corrected chi connectivity index (χ3v) is 3.31. The summed E-state index contributed by atoms with van der Waals surface area (Å²) in [5.74, 6) is -1.07. The Morgan fingerprint density at radius 3 is 2.38 bits per heavy atom. The Morgan fingerprint density at radius 2 is 1.75 bits per heavy atom. The van der Waals surface area contributed by atoms with E-state index < -0.39 is 11.9 Å². The van der Waals surface area contributed by atoms with Crippen LogP contribution in [0.25, 0.3) is 0 Å². The summed E-state index contributed by atoms with van der Waals surface area (Å²) in [5, 5.41) is 0. The van der Waals surface area contributed by atoms with Crippen LogP contribution in [0.5, 0.6) is 0 Å². The van der Waals surface area contributed by atoms with Crippen molar-refractivity contribution in [2.75, 3.05) is 0 Å². The predicted molar refractivity (Wildman–Crippen MR) is 59.5 cm³/mol. The number of carbonyl (C=O) groups is 2. The summed E-state index contributed by atoms with van der Waals surface area (Å²) in [5.41, 5.74) is 1.83. The van der Waals surface area contributed by atoms with Crippen molar-refractivity contribution in [2.45, 2.75) is 32.6 Å². The van der Waals surface area contributed by atoms with E-state index in [4.69, 9.17) is 0 Å². The summed E-state index contributed by atoms with van der Waals surface area (Å²) in [4.78, 5) is 22.7. The summed E-state index contributed by atoms with van der Waals surface area (Å²) >= 11 is 0. The molecule has 0 amide bonds. The van der Waals surface area contributed by atoms with Crippen LogP contribution in [-0.4, -0.2) is 11.9 Å². The highest BCUT2D eigenvalue weighted by Gasteiger charge is 2.31. The Balaban J connectivity index is 2.52. The molecule has 0 atom stereocenters. The second kappa shape index (κ2) is 3.44. The normalized spacial score (nSPS) is 14.9. The third kappa shape index (κ3) is 1.52. The minimum Gasteiger partial charge on any atom is -0.386 e. The second-order valence-corrected chi connectivity index (χ2v) is 4.67. The predicted octanol–water partition coefficient (Wildman–Crippen LogP) is 2.68.